The summed E-state index contributed by atoms with van der Waals surface area (Å²) in [5.41, 5.74) is 1.06. The number of nitrogens with zero attached hydrogens (tertiary/aromatic N) is 4. The van der Waals surface area contributed by atoms with Gasteiger partial charge in [-0.3, -0.25) is 4.68 Å². The Balaban J connectivity index is 2.55. The summed E-state index contributed by atoms with van der Waals surface area (Å²) >= 11 is 0. The van der Waals surface area contributed by atoms with Gasteiger partial charge in [-0.1, -0.05) is 0 Å². The SMILES string of the molecule is Cc1nn(C)c2ncnc(C(=O)OC(C)(C)C)c12. The van der Waals surface area contributed by atoms with E-state index in [9.17, 15) is 4.79 Å². The third kappa shape index (κ3) is 2.18. The molecule has 2 aromatic rings. The molecule has 2 heterocycles. The lowest BCUT2D eigenvalue weighted by Gasteiger charge is -2.19. The average molecular weight is 248 g/mol. The molecule has 0 radical (unpaired) electrons. The maximum Gasteiger partial charge on any atom is 0.358 e. The van der Waals surface area contributed by atoms with Gasteiger partial charge in [0.15, 0.2) is 11.3 Å². The fourth-order valence-electron chi connectivity index (χ4n) is 1.76. The molecule has 0 bridgehead atoms. The predicted molar refractivity (Wildman–Crippen MR) is 66.2 cm³/mol. The van der Waals surface area contributed by atoms with Crippen LogP contribution < -0.4 is 0 Å². The number of fused-ring (bicyclic) bond motifs is 1. The molecule has 18 heavy (non-hydrogen) atoms. The van der Waals surface area contributed by atoms with E-state index in [-0.39, 0.29) is 5.69 Å². The lowest BCUT2D eigenvalue weighted by Crippen LogP contribution is -2.24. The highest BCUT2D eigenvalue weighted by molar-refractivity contribution is 6.01. The van der Waals surface area contributed by atoms with Gasteiger partial charge in [0.05, 0.1) is 11.1 Å². The van der Waals surface area contributed by atoms with Gasteiger partial charge in [-0.15, -0.1) is 0 Å². The fourth-order valence-corrected chi connectivity index (χ4v) is 1.76. The summed E-state index contributed by atoms with van der Waals surface area (Å²) in [6.45, 7) is 7.28. The van der Waals surface area contributed by atoms with Crippen LogP contribution in [-0.4, -0.2) is 31.3 Å². The summed E-state index contributed by atoms with van der Waals surface area (Å²) in [6.07, 6.45) is 1.35. The second kappa shape index (κ2) is 4.04. The Kier molecular flexibility index (Phi) is 2.80. The number of carbonyl (C=O) groups excluding carboxylic acids is 1. The number of rotatable bonds is 1. The van der Waals surface area contributed by atoms with Crippen LogP contribution in [0.5, 0.6) is 0 Å². The molecule has 0 saturated heterocycles. The molecular formula is C12H16N4O2. The first-order valence-corrected chi connectivity index (χ1v) is 5.67. The third-order valence-corrected chi connectivity index (χ3v) is 2.39. The summed E-state index contributed by atoms with van der Waals surface area (Å²) in [6, 6.07) is 0. The van der Waals surface area contributed by atoms with E-state index >= 15 is 0 Å². The highest BCUT2D eigenvalue weighted by Gasteiger charge is 2.23. The van der Waals surface area contributed by atoms with E-state index in [2.05, 4.69) is 15.1 Å². The van der Waals surface area contributed by atoms with Crippen LogP contribution in [0.4, 0.5) is 0 Å². The number of hydrogen-bond donors (Lipinski definition) is 0. The van der Waals surface area contributed by atoms with E-state index in [0.717, 1.165) is 0 Å². The topological polar surface area (TPSA) is 69.9 Å². The minimum Gasteiger partial charge on any atom is -0.455 e. The number of carbonyl (C=O) groups is 1. The van der Waals surface area contributed by atoms with Crippen molar-refractivity contribution in [3.8, 4) is 0 Å². The molecule has 6 nitrogen and oxygen atoms in total. The fraction of sp³-hybridized carbons (Fsp3) is 0.500. The molecule has 0 aromatic carbocycles. The van der Waals surface area contributed by atoms with Crippen LogP contribution in [0.15, 0.2) is 6.33 Å². The Labute approximate surface area is 105 Å². The van der Waals surface area contributed by atoms with Crippen LogP contribution in [0.3, 0.4) is 0 Å². The van der Waals surface area contributed by atoms with Gasteiger partial charge in [-0.2, -0.15) is 5.10 Å². The summed E-state index contributed by atoms with van der Waals surface area (Å²) in [5, 5.41) is 4.88. The van der Waals surface area contributed by atoms with E-state index in [1.165, 1.54) is 6.33 Å². The van der Waals surface area contributed by atoms with Gasteiger partial charge in [0, 0.05) is 7.05 Å². The largest absolute Gasteiger partial charge is 0.455 e. The van der Waals surface area contributed by atoms with Crippen LogP contribution in [0, 0.1) is 6.92 Å². The number of hydrogen-bond acceptors (Lipinski definition) is 5. The smallest absolute Gasteiger partial charge is 0.358 e. The van der Waals surface area contributed by atoms with Crippen molar-refractivity contribution in [1.29, 1.82) is 0 Å². The Morgan fingerprint density at radius 2 is 2.00 bits per heavy atom. The monoisotopic (exact) mass is 248 g/mol. The van der Waals surface area contributed by atoms with E-state index in [4.69, 9.17) is 4.74 Å². The van der Waals surface area contributed by atoms with Gasteiger partial charge < -0.3 is 4.74 Å². The zero-order valence-corrected chi connectivity index (χ0v) is 11.2. The average Bonchev–Trinajstić information content (AvgIpc) is 2.52. The lowest BCUT2D eigenvalue weighted by molar-refractivity contribution is 0.00651. The summed E-state index contributed by atoms with van der Waals surface area (Å²) < 4.78 is 6.96. The van der Waals surface area contributed by atoms with Crippen molar-refractivity contribution in [1.82, 2.24) is 19.7 Å². The summed E-state index contributed by atoms with van der Waals surface area (Å²) in [4.78, 5) is 20.2. The molecule has 0 fully saturated rings. The zero-order valence-electron chi connectivity index (χ0n) is 11.2. The zero-order chi connectivity index (χ0) is 13.5. The molecule has 0 amide bonds. The highest BCUT2D eigenvalue weighted by Crippen LogP contribution is 2.20. The van der Waals surface area contributed by atoms with Crippen LogP contribution in [0.25, 0.3) is 11.0 Å². The Bertz CT molecular complexity index is 610. The Morgan fingerprint density at radius 3 is 2.61 bits per heavy atom. The first-order valence-electron chi connectivity index (χ1n) is 5.67. The second-order valence-electron chi connectivity index (χ2n) is 5.13. The van der Waals surface area contributed by atoms with Gasteiger partial charge in [-0.25, -0.2) is 14.8 Å². The normalized spacial score (nSPS) is 11.8. The molecule has 6 heteroatoms. The minimum absolute atomic E-state index is 0.264. The molecule has 0 aliphatic rings. The summed E-state index contributed by atoms with van der Waals surface area (Å²) in [7, 11) is 1.78. The van der Waals surface area contributed by atoms with Gasteiger partial charge in [-0.05, 0) is 27.7 Å². The van der Waals surface area contributed by atoms with Crippen molar-refractivity contribution < 1.29 is 9.53 Å². The standard InChI is InChI=1S/C12H16N4O2/c1-7-8-9(11(17)18-12(2,3)4)13-6-14-10(8)16(5)15-7/h6H,1-5H3. The lowest BCUT2D eigenvalue weighted by atomic mass is 10.2. The maximum atomic E-state index is 12.1. The molecule has 0 aliphatic carbocycles. The quantitative estimate of drug-likeness (QED) is 0.717. The van der Waals surface area contributed by atoms with E-state index in [1.807, 2.05) is 27.7 Å². The van der Waals surface area contributed by atoms with Gasteiger partial charge >= 0.3 is 5.97 Å². The van der Waals surface area contributed by atoms with Crippen molar-refractivity contribution in [2.75, 3.05) is 0 Å². The van der Waals surface area contributed by atoms with Crippen LogP contribution in [0.1, 0.15) is 37.0 Å². The van der Waals surface area contributed by atoms with Crippen molar-refractivity contribution in [3.05, 3.63) is 17.7 Å². The van der Waals surface area contributed by atoms with E-state index < -0.39 is 11.6 Å². The van der Waals surface area contributed by atoms with Crippen LogP contribution in [0.2, 0.25) is 0 Å². The van der Waals surface area contributed by atoms with E-state index in [0.29, 0.717) is 16.7 Å². The number of aryl methyl sites for hydroxylation is 2. The molecule has 2 rings (SSSR count). The number of esters is 1. The third-order valence-electron chi connectivity index (χ3n) is 2.39. The predicted octanol–water partition coefficient (Wildman–Crippen LogP) is 1.63. The maximum absolute atomic E-state index is 12.1. The molecule has 0 N–H and O–H groups in total. The number of ether oxygens (including phenoxy) is 1. The molecule has 0 atom stereocenters. The molecule has 96 valence electrons. The van der Waals surface area contributed by atoms with Crippen LogP contribution in [-0.2, 0) is 11.8 Å². The molecule has 0 spiro atoms. The number of aromatic nitrogens is 4. The first kappa shape index (κ1) is 12.5. The molecular weight excluding hydrogens is 232 g/mol. The Morgan fingerprint density at radius 1 is 1.33 bits per heavy atom. The van der Waals surface area contributed by atoms with Gasteiger partial charge in [0.2, 0.25) is 0 Å². The molecule has 0 saturated carbocycles. The van der Waals surface area contributed by atoms with Gasteiger partial charge in [0.1, 0.15) is 11.9 Å². The van der Waals surface area contributed by atoms with Crippen molar-refractivity contribution in [3.63, 3.8) is 0 Å². The van der Waals surface area contributed by atoms with Crippen molar-refractivity contribution >= 4 is 17.0 Å². The minimum atomic E-state index is -0.551. The van der Waals surface area contributed by atoms with Gasteiger partial charge in [0.25, 0.3) is 0 Å². The molecule has 0 unspecified atom stereocenters. The highest BCUT2D eigenvalue weighted by atomic mass is 16.6. The second-order valence-corrected chi connectivity index (χ2v) is 5.13. The Hall–Kier alpha value is -1.98. The first-order chi connectivity index (χ1) is 8.29. The van der Waals surface area contributed by atoms with Crippen molar-refractivity contribution in [2.24, 2.45) is 7.05 Å². The molecule has 2 aromatic heterocycles. The van der Waals surface area contributed by atoms with Crippen molar-refractivity contribution in [2.45, 2.75) is 33.3 Å². The van der Waals surface area contributed by atoms with E-state index in [1.54, 1.807) is 11.7 Å². The summed E-state index contributed by atoms with van der Waals surface area (Å²) in [5.74, 6) is -0.453. The van der Waals surface area contributed by atoms with Crippen LogP contribution >= 0.6 is 0 Å². The molecule has 0 aliphatic heterocycles.